The van der Waals surface area contributed by atoms with E-state index in [0.29, 0.717) is 23.6 Å². The van der Waals surface area contributed by atoms with Crippen molar-refractivity contribution in [3.63, 3.8) is 0 Å². The van der Waals surface area contributed by atoms with Crippen molar-refractivity contribution in [3.05, 3.63) is 76.5 Å². The molecule has 0 fully saturated rings. The lowest BCUT2D eigenvalue weighted by molar-refractivity contribution is -0.119. The average molecular weight is 494 g/mol. The molecule has 176 valence electrons. The van der Waals surface area contributed by atoms with Gasteiger partial charge in [0.15, 0.2) is 5.76 Å². The largest absolute Gasteiger partial charge is 0.451 e. The number of nitrogens with zero attached hydrogens (tertiary/aromatic N) is 1. The number of rotatable bonds is 9. The summed E-state index contributed by atoms with van der Waals surface area (Å²) in [6, 6.07) is 15.2. The number of fused-ring (bicyclic) bond motifs is 1. The number of furan rings is 1. The van der Waals surface area contributed by atoms with Crippen LogP contribution in [0, 0.1) is 12.8 Å². The number of nitrogens with one attached hydrogen (secondary N) is 2. The molecule has 0 aliphatic carbocycles. The Bertz CT molecular complexity index is 1310. The predicted octanol–water partition coefficient (Wildman–Crippen LogP) is 6.40. The molecule has 1 unspecified atom stereocenters. The van der Waals surface area contributed by atoms with Gasteiger partial charge in [-0.25, -0.2) is 4.98 Å². The zero-order chi connectivity index (χ0) is 24.1. The molecule has 0 aliphatic rings. The van der Waals surface area contributed by atoms with Gasteiger partial charge in [-0.1, -0.05) is 55.9 Å². The maximum absolute atomic E-state index is 13.1. The number of hydrogen-bond acceptors (Lipinski definition) is 6. The van der Waals surface area contributed by atoms with Crippen LogP contribution in [0.5, 0.6) is 0 Å². The van der Waals surface area contributed by atoms with Crippen LogP contribution >= 0.6 is 23.1 Å². The van der Waals surface area contributed by atoms with Crippen LogP contribution in [-0.2, 0) is 17.1 Å². The lowest BCUT2D eigenvalue weighted by Gasteiger charge is -2.11. The Morgan fingerprint density at radius 2 is 2.00 bits per heavy atom. The van der Waals surface area contributed by atoms with Crippen molar-refractivity contribution in [1.29, 1.82) is 0 Å². The van der Waals surface area contributed by atoms with Crippen LogP contribution in [0.1, 0.15) is 47.6 Å². The molecule has 8 heteroatoms. The fraction of sp³-hybridized carbons (Fsp3) is 0.269. The summed E-state index contributed by atoms with van der Waals surface area (Å²) in [4.78, 5) is 29.8. The Kier molecular flexibility index (Phi) is 7.70. The molecule has 2 aromatic carbocycles. The van der Waals surface area contributed by atoms with E-state index in [1.807, 2.05) is 74.7 Å². The van der Waals surface area contributed by atoms with Gasteiger partial charge in [-0.3, -0.25) is 9.59 Å². The number of amides is 2. The van der Waals surface area contributed by atoms with E-state index in [0.717, 1.165) is 38.7 Å². The molecule has 4 aromatic rings. The zero-order valence-corrected chi connectivity index (χ0v) is 21.0. The number of para-hydroxylation sites is 1. The van der Waals surface area contributed by atoms with E-state index in [-0.39, 0.29) is 17.7 Å². The minimum absolute atomic E-state index is 0.0106. The van der Waals surface area contributed by atoms with Crippen LogP contribution in [0.25, 0.3) is 11.0 Å². The third-order valence-electron chi connectivity index (χ3n) is 5.55. The lowest BCUT2D eigenvalue weighted by Crippen LogP contribution is -2.23. The van der Waals surface area contributed by atoms with Gasteiger partial charge in [0.2, 0.25) is 5.91 Å². The van der Waals surface area contributed by atoms with Crippen molar-refractivity contribution in [1.82, 2.24) is 10.3 Å². The van der Waals surface area contributed by atoms with Gasteiger partial charge in [-0.2, -0.15) is 0 Å². The summed E-state index contributed by atoms with van der Waals surface area (Å²) in [5.41, 5.74) is 4.15. The minimum atomic E-state index is -0.267. The number of thiazole rings is 1. The number of hydrogen-bond donors (Lipinski definition) is 2. The fourth-order valence-electron chi connectivity index (χ4n) is 3.43. The van der Waals surface area contributed by atoms with Crippen molar-refractivity contribution >= 4 is 51.6 Å². The molecular weight excluding hydrogens is 466 g/mol. The van der Waals surface area contributed by atoms with Gasteiger partial charge < -0.3 is 15.1 Å². The maximum atomic E-state index is 13.1. The molecular formula is C26H27N3O3S2. The summed E-state index contributed by atoms with van der Waals surface area (Å²) in [6.45, 7) is 6.18. The number of thioether (sulfide) groups is 1. The van der Waals surface area contributed by atoms with E-state index in [1.165, 1.54) is 0 Å². The first-order valence-corrected chi connectivity index (χ1v) is 13.0. The van der Waals surface area contributed by atoms with Gasteiger partial charge in [0, 0.05) is 45.9 Å². The van der Waals surface area contributed by atoms with E-state index in [4.69, 9.17) is 4.42 Å². The SMILES string of the molecule is CCC(C)C(=O)Nc1cccc(CNC(=O)c2oc3ccccc3c2CSc2nc(C)cs2)c1. The molecule has 4 rings (SSSR count). The third kappa shape index (κ3) is 5.69. The standard InChI is InChI=1S/C26H27N3O3S2/c1-4-16(2)24(30)29-19-9-7-8-18(12-19)13-27-25(31)23-21(15-34-26-28-17(3)14-33-26)20-10-5-6-11-22(20)32-23/h5-12,14,16H,4,13,15H2,1-3H3,(H,27,31)(H,29,30). The number of benzene rings is 2. The minimum Gasteiger partial charge on any atom is -0.451 e. The highest BCUT2D eigenvalue weighted by atomic mass is 32.2. The van der Waals surface area contributed by atoms with Crippen LogP contribution < -0.4 is 10.6 Å². The van der Waals surface area contributed by atoms with Gasteiger partial charge in [-0.15, -0.1) is 11.3 Å². The molecule has 0 bridgehead atoms. The summed E-state index contributed by atoms with van der Waals surface area (Å²) in [7, 11) is 0. The lowest BCUT2D eigenvalue weighted by atomic mass is 10.1. The second-order valence-electron chi connectivity index (χ2n) is 8.13. The van der Waals surface area contributed by atoms with Crippen LogP contribution in [0.4, 0.5) is 5.69 Å². The van der Waals surface area contributed by atoms with Crippen molar-refractivity contribution in [2.45, 2.75) is 43.8 Å². The van der Waals surface area contributed by atoms with E-state index >= 15 is 0 Å². The smallest absolute Gasteiger partial charge is 0.287 e. The Labute approximate surface area is 207 Å². The first kappa shape index (κ1) is 24.0. The van der Waals surface area contributed by atoms with E-state index in [9.17, 15) is 9.59 Å². The van der Waals surface area contributed by atoms with Gasteiger partial charge in [-0.05, 0) is 37.1 Å². The van der Waals surface area contributed by atoms with Gasteiger partial charge in [0.25, 0.3) is 5.91 Å². The van der Waals surface area contributed by atoms with E-state index in [1.54, 1.807) is 23.1 Å². The summed E-state index contributed by atoms with van der Waals surface area (Å²) < 4.78 is 6.92. The number of aromatic nitrogens is 1. The molecule has 0 spiro atoms. The summed E-state index contributed by atoms with van der Waals surface area (Å²) in [6.07, 6.45) is 0.780. The highest BCUT2D eigenvalue weighted by Crippen LogP contribution is 2.33. The number of aryl methyl sites for hydroxylation is 1. The van der Waals surface area contributed by atoms with Crippen molar-refractivity contribution < 1.29 is 14.0 Å². The van der Waals surface area contributed by atoms with Gasteiger partial charge in [0.1, 0.15) is 9.92 Å². The Morgan fingerprint density at radius 1 is 1.18 bits per heavy atom. The highest BCUT2D eigenvalue weighted by molar-refractivity contribution is 8.00. The monoisotopic (exact) mass is 493 g/mol. The zero-order valence-electron chi connectivity index (χ0n) is 19.4. The molecule has 1 atom stereocenters. The Hall–Kier alpha value is -3.10. The number of carbonyl (C=O) groups excluding carboxylic acids is 2. The number of carbonyl (C=O) groups is 2. The normalized spacial score (nSPS) is 12.0. The Morgan fingerprint density at radius 3 is 2.76 bits per heavy atom. The van der Waals surface area contributed by atoms with Crippen LogP contribution in [0.2, 0.25) is 0 Å². The van der Waals surface area contributed by atoms with E-state index < -0.39 is 0 Å². The molecule has 0 radical (unpaired) electrons. The van der Waals surface area contributed by atoms with Crippen LogP contribution in [0.3, 0.4) is 0 Å². The summed E-state index contributed by atoms with van der Waals surface area (Å²) in [5, 5.41) is 8.85. The van der Waals surface area contributed by atoms with E-state index in [2.05, 4.69) is 15.6 Å². The van der Waals surface area contributed by atoms with Crippen molar-refractivity contribution in [2.75, 3.05) is 5.32 Å². The quantitative estimate of drug-likeness (QED) is 0.263. The second-order valence-corrected chi connectivity index (χ2v) is 10.2. The molecule has 0 saturated carbocycles. The average Bonchev–Trinajstić information content (AvgIpc) is 3.43. The third-order valence-corrected chi connectivity index (χ3v) is 7.72. The molecule has 2 heterocycles. The topological polar surface area (TPSA) is 84.2 Å². The molecule has 34 heavy (non-hydrogen) atoms. The molecule has 2 amide bonds. The summed E-state index contributed by atoms with van der Waals surface area (Å²) >= 11 is 3.20. The number of anilines is 1. The first-order chi connectivity index (χ1) is 16.4. The van der Waals surface area contributed by atoms with Gasteiger partial charge >= 0.3 is 0 Å². The molecule has 0 aliphatic heterocycles. The molecule has 0 saturated heterocycles. The molecule has 2 aromatic heterocycles. The maximum Gasteiger partial charge on any atom is 0.287 e. The highest BCUT2D eigenvalue weighted by Gasteiger charge is 2.21. The van der Waals surface area contributed by atoms with Gasteiger partial charge in [0.05, 0.1) is 0 Å². The van der Waals surface area contributed by atoms with Crippen molar-refractivity contribution in [2.24, 2.45) is 5.92 Å². The predicted molar refractivity (Wildman–Crippen MR) is 138 cm³/mol. The van der Waals surface area contributed by atoms with Crippen LogP contribution in [0.15, 0.2) is 62.7 Å². The molecule has 6 nitrogen and oxygen atoms in total. The molecule has 2 N–H and O–H groups in total. The van der Waals surface area contributed by atoms with Crippen LogP contribution in [-0.4, -0.2) is 16.8 Å². The summed E-state index contributed by atoms with van der Waals surface area (Å²) in [5.74, 6) is 0.577. The first-order valence-electron chi connectivity index (χ1n) is 11.2. The second kappa shape index (κ2) is 10.9. The Balaban J connectivity index is 1.48. The van der Waals surface area contributed by atoms with Crippen molar-refractivity contribution in [3.8, 4) is 0 Å². The fourth-order valence-corrected chi connectivity index (χ4v) is 5.31.